The molecule has 0 unspecified atom stereocenters. The Morgan fingerprint density at radius 2 is 1.52 bits per heavy atom. The van der Waals surface area contributed by atoms with E-state index in [1.54, 1.807) is 57.2 Å². The van der Waals surface area contributed by atoms with Crippen molar-refractivity contribution in [2.45, 2.75) is 26.4 Å². The van der Waals surface area contributed by atoms with Crippen molar-refractivity contribution in [1.29, 1.82) is 0 Å². The molecule has 0 saturated carbocycles. The van der Waals surface area contributed by atoms with Gasteiger partial charge in [0.2, 0.25) is 0 Å². The average Bonchev–Trinajstić information content (AvgIpc) is 2.56. The molecule has 0 aliphatic rings. The highest BCUT2D eigenvalue weighted by molar-refractivity contribution is 6.42. The van der Waals surface area contributed by atoms with Gasteiger partial charge in [-0.15, -0.1) is 0 Å². The van der Waals surface area contributed by atoms with E-state index in [1.165, 1.54) is 6.07 Å². The third-order valence-corrected chi connectivity index (χ3v) is 3.81. The Kier molecular flexibility index (Phi) is 6.93. The number of carbonyl (C=O) groups is 2. The molecule has 2 N–H and O–H groups in total. The molecule has 0 bridgehead atoms. The van der Waals surface area contributed by atoms with Crippen molar-refractivity contribution in [2.75, 3.05) is 17.2 Å². The molecule has 0 saturated heterocycles. The van der Waals surface area contributed by atoms with Crippen LogP contribution in [0.4, 0.5) is 16.2 Å². The highest BCUT2D eigenvalue weighted by Gasteiger charge is 2.16. The molecular formula is C19H20Cl2N2O4. The maximum Gasteiger partial charge on any atom is 0.412 e. The van der Waals surface area contributed by atoms with E-state index in [2.05, 4.69) is 10.6 Å². The first-order valence-corrected chi connectivity index (χ1v) is 8.86. The molecular weight excluding hydrogens is 391 g/mol. The van der Waals surface area contributed by atoms with E-state index >= 15 is 0 Å². The van der Waals surface area contributed by atoms with Crippen molar-refractivity contribution >= 4 is 46.6 Å². The lowest BCUT2D eigenvalue weighted by atomic mass is 10.2. The lowest BCUT2D eigenvalue weighted by Crippen LogP contribution is -2.27. The van der Waals surface area contributed by atoms with E-state index in [9.17, 15) is 9.59 Å². The summed E-state index contributed by atoms with van der Waals surface area (Å²) in [5.41, 5.74) is 0.536. The summed E-state index contributed by atoms with van der Waals surface area (Å²) >= 11 is 11.7. The van der Waals surface area contributed by atoms with Crippen molar-refractivity contribution in [3.05, 3.63) is 52.5 Å². The predicted octanol–water partition coefficient (Wildman–Crippen LogP) is 5.36. The van der Waals surface area contributed by atoms with Crippen molar-refractivity contribution in [3.8, 4) is 5.75 Å². The van der Waals surface area contributed by atoms with Crippen LogP contribution in [0.5, 0.6) is 5.75 Å². The molecule has 2 rings (SSSR count). The van der Waals surface area contributed by atoms with Gasteiger partial charge < -0.3 is 14.8 Å². The maximum absolute atomic E-state index is 12.0. The summed E-state index contributed by atoms with van der Waals surface area (Å²) in [6.07, 6.45) is -0.547. The Bertz CT molecular complexity index is 817. The minimum atomic E-state index is -0.577. The molecule has 0 heterocycles. The Labute approximate surface area is 167 Å². The summed E-state index contributed by atoms with van der Waals surface area (Å²) in [7, 11) is 0. The van der Waals surface area contributed by atoms with Crippen LogP contribution >= 0.6 is 23.2 Å². The van der Waals surface area contributed by atoms with E-state index in [0.29, 0.717) is 27.2 Å². The zero-order valence-electron chi connectivity index (χ0n) is 15.1. The normalized spacial score (nSPS) is 10.9. The van der Waals surface area contributed by atoms with Gasteiger partial charge in [-0.2, -0.15) is 0 Å². The van der Waals surface area contributed by atoms with Crippen LogP contribution in [0.1, 0.15) is 20.8 Å². The quantitative estimate of drug-likeness (QED) is 0.695. The van der Waals surface area contributed by atoms with E-state index in [1.807, 2.05) is 0 Å². The molecule has 0 aliphatic carbocycles. The first-order valence-electron chi connectivity index (χ1n) is 8.10. The average molecular weight is 411 g/mol. The van der Waals surface area contributed by atoms with Gasteiger partial charge in [0.05, 0.1) is 10.0 Å². The lowest BCUT2D eigenvalue weighted by molar-refractivity contribution is -0.118. The van der Waals surface area contributed by atoms with Crippen LogP contribution in [-0.4, -0.2) is 24.2 Å². The van der Waals surface area contributed by atoms with E-state index < -0.39 is 11.7 Å². The Morgan fingerprint density at radius 1 is 0.926 bits per heavy atom. The number of amides is 2. The molecule has 2 aromatic rings. The van der Waals surface area contributed by atoms with Gasteiger partial charge in [-0.05, 0) is 57.2 Å². The zero-order valence-corrected chi connectivity index (χ0v) is 16.6. The summed E-state index contributed by atoms with van der Waals surface area (Å²) in [5.74, 6) is 0.102. The summed E-state index contributed by atoms with van der Waals surface area (Å²) in [6.45, 7) is 5.16. The molecule has 0 fully saturated rings. The molecule has 0 aliphatic heterocycles. The first kappa shape index (κ1) is 20.9. The number of hydrogen-bond acceptors (Lipinski definition) is 4. The number of hydrogen-bond donors (Lipinski definition) is 2. The van der Waals surface area contributed by atoms with Gasteiger partial charge in [0.15, 0.2) is 6.61 Å². The molecule has 0 radical (unpaired) electrons. The summed E-state index contributed by atoms with van der Waals surface area (Å²) in [5, 5.41) is 6.06. The smallest absolute Gasteiger partial charge is 0.412 e. The van der Waals surface area contributed by atoms with Crippen LogP contribution in [0, 0.1) is 0 Å². The molecule has 0 spiro atoms. The fourth-order valence-electron chi connectivity index (χ4n) is 1.97. The van der Waals surface area contributed by atoms with Crippen molar-refractivity contribution in [1.82, 2.24) is 0 Å². The molecule has 0 atom stereocenters. The molecule has 2 amide bonds. The summed E-state index contributed by atoms with van der Waals surface area (Å²) in [4.78, 5) is 23.7. The van der Waals surface area contributed by atoms with E-state index in [0.717, 1.165) is 0 Å². The summed E-state index contributed by atoms with van der Waals surface area (Å²) in [6, 6.07) is 11.4. The van der Waals surface area contributed by atoms with Gasteiger partial charge in [0.25, 0.3) is 5.91 Å². The molecule has 8 heteroatoms. The van der Waals surface area contributed by atoms with Gasteiger partial charge >= 0.3 is 6.09 Å². The van der Waals surface area contributed by atoms with Crippen molar-refractivity contribution in [3.63, 3.8) is 0 Å². The van der Waals surface area contributed by atoms with Gasteiger partial charge in [0, 0.05) is 17.4 Å². The number of carbonyl (C=O) groups excluding carboxylic acids is 2. The highest BCUT2D eigenvalue weighted by Crippen LogP contribution is 2.26. The Morgan fingerprint density at radius 3 is 2.07 bits per heavy atom. The fraction of sp³-hybridized carbons (Fsp3) is 0.263. The predicted molar refractivity (Wildman–Crippen MR) is 107 cm³/mol. The largest absolute Gasteiger partial charge is 0.484 e. The Balaban J connectivity index is 1.83. The van der Waals surface area contributed by atoms with Crippen LogP contribution in [-0.2, 0) is 9.53 Å². The summed E-state index contributed by atoms with van der Waals surface area (Å²) < 4.78 is 10.5. The molecule has 2 aromatic carbocycles. The second kappa shape index (κ2) is 8.97. The molecule has 0 aromatic heterocycles. The molecule has 27 heavy (non-hydrogen) atoms. The number of nitrogens with one attached hydrogen (secondary N) is 2. The fourth-order valence-corrected chi connectivity index (χ4v) is 2.26. The topological polar surface area (TPSA) is 76.7 Å². The van der Waals surface area contributed by atoms with E-state index in [-0.39, 0.29) is 12.5 Å². The van der Waals surface area contributed by atoms with Gasteiger partial charge in [-0.25, -0.2) is 4.79 Å². The van der Waals surface area contributed by atoms with Crippen LogP contribution < -0.4 is 15.4 Å². The van der Waals surface area contributed by atoms with Gasteiger partial charge in [0.1, 0.15) is 11.4 Å². The van der Waals surface area contributed by atoms with Crippen LogP contribution in [0.3, 0.4) is 0 Å². The second-order valence-corrected chi connectivity index (χ2v) is 7.43. The lowest BCUT2D eigenvalue weighted by Gasteiger charge is -2.19. The highest BCUT2D eigenvalue weighted by atomic mass is 35.5. The number of anilines is 2. The van der Waals surface area contributed by atoms with Crippen molar-refractivity contribution < 1.29 is 19.1 Å². The van der Waals surface area contributed by atoms with Gasteiger partial charge in [-0.1, -0.05) is 23.2 Å². The molecule has 144 valence electrons. The van der Waals surface area contributed by atoms with Crippen LogP contribution in [0.2, 0.25) is 10.0 Å². The number of benzene rings is 2. The monoisotopic (exact) mass is 410 g/mol. The van der Waals surface area contributed by atoms with Gasteiger partial charge in [-0.3, -0.25) is 10.1 Å². The third-order valence-electron chi connectivity index (χ3n) is 3.07. The zero-order chi connectivity index (χ0) is 20.0. The minimum Gasteiger partial charge on any atom is -0.484 e. The van der Waals surface area contributed by atoms with Crippen LogP contribution in [0.25, 0.3) is 0 Å². The van der Waals surface area contributed by atoms with Crippen LogP contribution in [0.15, 0.2) is 42.5 Å². The molecule has 6 nitrogen and oxygen atoms in total. The third kappa shape index (κ3) is 7.37. The second-order valence-electron chi connectivity index (χ2n) is 6.62. The maximum atomic E-state index is 12.0. The SMILES string of the molecule is CC(C)(C)OC(=O)Nc1ccc(NC(=O)COc2ccc(Cl)c(Cl)c2)cc1. The first-order chi connectivity index (χ1) is 12.6. The number of ether oxygens (including phenoxy) is 2. The standard InChI is InChI=1S/C19H20Cl2N2O4/c1-19(2,3)27-18(25)23-13-6-4-12(5-7-13)22-17(24)11-26-14-8-9-15(20)16(21)10-14/h4-10H,11H2,1-3H3,(H,22,24)(H,23,25). The minimum absolute atomic E-state index is 0.185. The number of halogens is 2. The van der Waals surface area contributed by atoms with E-state index in [4.69, 9.17) is 32.7 Å². The number of rotatable bonds is 5. The Hall–Kier alpha value is -2.44. The van der Waals surface area contributed by atoms with Crippen molar-refractivity contribution in [2.24, 2.45) is 0 Å².